The van der Waals surface area contributed by atoms with Crippen molar-refractivity contribution in [2.75, 3.05) is 18.8 Å². The first-order valence-electron chi connectivity index (χ1n) is 7.09. The number of nitrogen functional groups attached to an aromatic ring is 1. The summed E-state index contributed by atoms with van der Waals surface area (Å²) in [6.07, 6.45) is -0.162. The van der Waals surface area contributed by atoms with E-state index in [1.807, 2.05) is 0 Å². The van der Waals surface area contributed by atoms with E-state index in [2.05, 4.69) is 10.6 Å². The minimum atomic E-state index is -0.962. The lowest BCUT2D eigenvalue weighted by Crippen LogP contribution is -2.34. The summed E-state index contributed by atoms with van der Waals surface area (Å²) in [5.74, 6) is -2.53. The van der Waals surface area contributed by atoms with Crippen molar-refractivity contribution < 1.29 is 23.1 Å². The molecular weight excluding hydrogens is 308 g/mol. The zero-order valence-electron chi connectivity index (χ0n) is 13.3. The van der Waals surface area contributed by atoms with Crippen molar-refractivity contribution in [2.45, 2.75) is 32.8 Å². The Labute approximate surface area is 133 Å². The molecule has 23 heavy (non-hydrogen) atoms. The standard InChI is InChI=1S/C15H21F2N3O3/c1-15(2,3)23-14(22)20-6-4-5-19-13(21)10-7-9(16)8-11(18)12(10)17/h7-8H,4-6,18H2,1-3H3,(H,19,21)(H,20,22). The quantitative estimate of drug-likeness (QED) is 0.570. The molecule has 0 unspecified atom stereocenters. The summed E-state index contributed by atoms with van der Waals surface area (Å²) in [5, 5.41) is 4.94. The third-order valence-electron chi connectivity index (χ3n) is 2.62. The van der Waals surface area contributed by atoms with Gasteiger partial charge in [-0.25, -0.2) is 13.6 Å². The highest BCUT2D eigenvalue weighted by molar-refractivity contribution is 5.95. The van der Waals surface area contributed by atoms with E-state index in [9.17, 15) is 18.4 Å². The molecule has 1 aromatic carbocycles. The highest BCUT2D eigenvalue weighted by Gasteiger charge is 2.17. The van der Waals surface area contributed by atoms with Crippen molar-refractivity contribution in [1.82, 2.24) is 10.6 Å². The average Bonchev–Trinajstić information content (AvgIpc) is 2.40. The molecule has 4 N–H and O–H groups in total. The number of nitrogens with two attached hydrogens (primary N) is 1. The van der Waals surface area contributed by atoms with Gasteiger partial charge < -0.3 is 21.1 Å². The number of ether oxygens (including phenoxy) is 1. The van der Waals surface area contributed by atoms with Gasteiger partial charge in [-0.15, -0.1) is 0 Å². The average molecular weight is 329 g/mol. The first-order valence-corrected chi connectivity index (χ1v) is 7.09. The summed E-state index contributed by atoms with van der Waals surface area (Å²) in [7, 11) is 0. The molecule has 0 aromatic heterocycles. The molecule has 0 spiro atoms. The van der Waals surface area contributed by atoms with Crippen molar-refractivity contribution in [3.63, 3.8) is 0 Å². The fourth-order valence-corrected chi connectivity index (χ4v) is 1.67. The third kappa shape index (κ3) is 6.50. The minimum Gasteiger partial charge on any atom is -0.444 e. The smallest absolute Gasteiger partial charge is 0.407 e. The maximum Gasteiger partial charge on any atom is 0.407 e. The maximum absolute atomic E-state index is 13.6. The molecule has 1 aromatic rings. The van der Waals surface area contributed by atoms with Gasteiger partial charge in [0.15, 0.2) is 5.82 Å². The van der Waals surface area contributed by atoms with E-state index in [0.29, 0.717) is 6.42 Å². The molecule has 8 heteroatoms. The molecule has 1 rings (SSSR count). The van der Waals surface area contributed by atoms with Crippen LogP contribution in [0.5, 0.6) is 0 Å². The Kier molecular flexibility index (Phi) is 6.29. The Hall–Kier alpha value is -2.38. The molecule has 0 aliphatic heterocycles. The van der Waals surface area contributed by atoms with E-state index in [4.69, 9.17) is 10.5 Å². The van der Waals surface area contributed by atoms with Crippen molar-refractivity contribution in [2.24, 2.45) is 0 Å². The summed E-state index contributed by atoms with van der Waals surface area (Å²) in [6.45, 7) is 5.66. The van der Waals surface area contributed by atoms with Crippen LogP contribution in [0.15, 0.2) is 12.1 Å². The van der Waals surface area contributed by atoms with E-state index in [1.165, 1.54) is 0 Å². The monoisotopic (exact) mass is 329 g/mol. The second-order valence-electron chi connectivity index (χ2n) is 5.89. The van der Waals surface area contributed by atoms with E-state index in [-0.39, 0.29) is 13.1 Å². The van der Waals surface area contributed by atoms with Gasteiger partial charge in [0.2, 0.25) is 0 Å². The molecule has 128 valence electrons. The van der Waals surface area contributed by atoms with E-state index >= 15 is 0 Å². The normalized spacial score (nSPS) is 11.0. The van der Waals surface area contributed by atoms with Gasteiger partial charge in [0.1, 0.15) is 11.4 Å². The number of benzene rings is 1. The zero-order valence-corrected chi connectivity index (χ0v) is 13.3. The van der Waals surface area contributed by atoms with Crippen LogP contribution in [-0.2, 0) is 4.74 Å². The first-order chi connectivity index (χ1) is 10.6. The van der Waals surface area contributed by atoms with Crippen LogP contribution in [0.2, 0.25) is 0 Å². The van der Waals surface area contributed by atoms with Crippen molar-refractivity contribution >= 4 is 17.7 Å². The highest BCUT2D eigenvalue weighted by Crippen LogP contribution is 2.17. The Balaban J connectivity index is 2.37. The van der Waals surface area contributed by atoms with E-state index in [0.717, 1.165) is 12.1 Å². The van der Waals surface area contributed by atoms with Crippen LogP contribution >= 0.6 is 0 Å². The molecule has 6 nitrogen and oxygen atoms in total. The zero-order chi connectivity index (χ0) is 17.6. The summed E-state index contributed by atoms with van der Waals surface area (Å²) in [5.41, 5.74) is 3.79. The van der Waals surface area contributed by atoms with Gasteiger partial charge >= 0.3 is 6.09 Å². The second-order valence-corrected chi connectivity index (χ2v) is 5.89. The fourth-order valence-electron chi connectivity index (χ4n) is 1.67. The minimum absolute atomic E-state index is 0.171. The Morgan fingerprint density at radius 3 is 2.39 bits per heavy atom. The van der Waals surface area contributed by atoms with Gasteiger partial charge in [0.25, 0.3) is 5.91 Å². The second kappa shape index (κ2) is 7.75. The van der Waals surface area contributed by atoms with Gasteiger partial charge in [-0.1, -0.05) is 0 Å². The topological polar surface area (TPSA) is 93.5 Å². The number of carbonyl (C=O) groups excluding carboxylic acids is 2. The third-order valence-corrected chi connectivity index (χ3v) is 2.62. The van der Waals surface area contributed by atoms with Crippen LogP contribution in [0.3, 0.4) is 0 Å². The summed E-state index contributed by atoms with van der Waals surface area (Å²) >= 11 is 0. The highest BCUT2D eigenvalue weighted by atomic mass is 19.1. The lowest BCUT2D eigenvalue weighted by molar-refractivity contribution is 0.0527. The van der Waals surface area contributed by atoms with Crippen LogP contribution in [-0.4, -0.2) is 30.7 Å². The van der Waals surface area contributed by atoms with Crippen molar-refractivity contribution in [1.29, 1.82) is 0 Å². The molecule has 0 saturated carbocycles. The Morgan fingerprint density at radius 1 is 1.17 bits per heavy atom. The number of alkyl carbamates (subject to hydrolysis) is 1. The predicted molar refractivity (Wildman–Crippen MR) is 82.0 cm³/mol. The van der Waals surface area contributed by atoms with Gasteiger partial charge in [-0.05, 0) is 39.3 Å². The predicted octanol–water partition coefficient (Wildman–Crippen LogP) is 2.19. The number of hydrogen-bond donors (Lipinski definition) is 3. The van der Waals surface area contributed by atoms with Crippen molar-refractivity contribution in [3.8, 4) is 0 Å². The fraction of sp³-hybridized carbons (Fsp3) is 0.467. The number of anilines is 1. The Bertz CT molecular complexity index is 586. The van der Waals surface area contributed by atoms with E-state index < -0.39 is 40.5 Å². The summed E-state index contributed by atoms with van der Waals surface area (Å²) < 4.78 is 31.8. The molecule has 0 fully saturated rings. The van der Waals surface area contributed by atoms with E-state index in [1.54, 1.807) is 20.8 Å². The molecular formula is C15H21F2N3O3. The largest absolute Gasteiger partial charge is 0.444 e. The molecule has 0 heterocycles. The maximum atomic E-state index is 13.6. The van der Waals surface area contributed by atoms with Gasteiger partial charge in [0.05, 0.1) is 11.3 Å². The van der Waals surface area contributed by atoms with Gasteiger partial charge in [-0.3, -0.25) is 4.79 Å². The van der Waals surface area contributed by atoms with Crippen LogP contribution in [0, 0.1) is 11.6 Å². The molecule has 0 saturated heterocycles. The number of hydrogen-bond acceptors (Lipinski definition) is 4. The number of halogens is 2. The Morgan fingerprint density at radius 2 is 1.78 bits per heavy atom. The molecule has 2 amide bonds. The van der Waals surface area contributed by atoms with Crippen molar-refractivity contribution in [3.05, 3.63) is 29.3 Å². The number of nitrogens with one attached hydrogen (secondary N) is 2. The molecule has 0 radical (unpaired) electrons. The lowest BCUT2D eigenvalue weighted by Gasteiger charge is -2.19. The molecule has 0 atom stereocenters. The molecule has 0 aliphatic rings. The van der Waals surface area contributed by atoms with Gasteiger partial charge in [0, 0.05) is 13.1 Å². The number of rotatable bonds is 5. The first kappa shape index (κ1) is 18.7. The lowest BCUT2D eigenvalue weighted by atomic mass is 10.1. The summed E-state index contributed by atoms with van der Waals surface area (Å²) in [6, 6.07) is 1.58. The SMILES string of the molecule is CC(C)(C)OC(=O)NCCCNC(=O)c1cc(F)cc(N)c1F. The number of amides is 2. The van der Waals surface area contributed by atoms with Gasteiger partial charge in [-0.2, -0.15) is 0 Å². The van der Waals surface area contributed by atoms with Crippen LogP contribution in [0.25, 0.3) is 0 Å². The molecule has 0 bridgehead atoms. The van der Waals surface area contributed by atoms with Crippen LogP contribution in [0.4, 0.5) is 19.3 Å². The van der Waals surface area contributed by atoms with Crippen LogP contribution in [0.1, 0.15) is 37.6 Å². The number of carbonyl (C=O) groups is 2. The molecule has 0 aliphatic carbocycles. The summed E-state index contributed by atoms with van der Waals surface area (Å²) in [4.78, 5) is 23.1. The van der Waals surface area contributed by atoms with Crippen LogP contribution < -0.4 is 16.4 Å².